The third-order valence-electron chi connectivity index (χ3n) is 4.14. The molecule has 1 fully saturated rings. The number of ether oxygens (including phenoxy) is 2. The number of rotatable bonds is 3. The largest absolute Gasteiger partial charge is 0.486 e. The van der Waals surface area contributed by atoms with E-state index in [2.05, 4.69) is 4.90 Å². The van der Waals surface area contributed by atoms with Gasteiger partial charge in [0.25, 0.3) is 0 Å². The van der Waals surface area contributed by atoms with Crippen molar-refractivity contribution in [2.75, 3.05) is 32.8 Å². The molecule has 0 amide bonds. The number of hydrogen-bond acceptors (Lipinski definition) is 4. The monoisotopic (exact) mass is 296 g/mol. The number of benzene rings is 1. The van der Waals surface area contributed by atoms with Gasteiger partial charge >= 0.3 is 0 Å². The van der Waals surface area contributed by atoms with Gasteiger partial charge in [0.2, 0.25) is 0 Å². The number of nitrogens with two attached hydrogens (primary N) is 1. The van der Waals surface area contributed by atoms with Crippen LogP contribution in [0.25, 0.3) is 0 Å². The van der Waals surface area contributed by atoms with E-state index in [-0.39, 0.29) is 6.10 Å². The first-order valence-corrected chi connectivity index (χ1v) is 7.64. The highest BCUT2D eigenvalue weighted by atomic mass is 35.5. The predicted molar refractivity (Wildman–Crippen MR) is 79.6 cm³/mol. The molecule has 0 radical (unpaired) electrons. The Morgan fingerprint density at radius 3 is 2.85 bits per heavy atom. The van der Waals surface area contributed by atoms with E-state index in [1.54, 1.807) is 0 Å². The number of halogens is 1. The lowest BCUT2D eigenvalue weighted by atomic mass is 9.97. The minimum Gasteiger partial charge on any atom is -0.486 e. The van der Waals surface area contributed by atoms with Gasteiger partial charge in [-0.05, 0) is 50.5 Å². The molecule has 1 aromatic rings. The number of hydrogen-bond donors (Lipinski definition) is 1. The van der Waals surface area contributed by atoms with Crippen LogP contribution in [0.15, 0.2) is 18.2 Å². The maximum atomic E-state index is 6.16. The van der Waals surface area contributed by atoms with E-state index in [1.165, 1.54) is 12.8 Å². The van der Waals surface area contributed by atoms with Crippen molar-refractivity contribution < 1.29 is 9.47 Å². The highest BCUT2D eigenvalue weighted by Gasteiger charge is 2.26. The van der Waals surface area contributed by atoms with Crippen molar-refractivity contribution in [1.29, 1.82) is 0 Å². The van der Waals surface area contributed by atoms with Gasteiger partial charge in [0.15, 0.2) is 11.5 Å². The van der Waals surface area contributed by atoms with Gasteiger partial charge in [0, 0.05) is 6.54 Å². The Hall–Kier alpha value is -0.970. The van der Waals surface area contributed by atoms with Crippen molar-refractivity contribution in [3.63, 3.8) is 0 Å². The molecule has 2 heterocycles. The normalized spacial score (nSPS) is 23.8. The summed E-state index contributed by atoms with van der Waals surface area (Å²) in [5.41, 5.74) is 5.72. The molecule has 1 saturated heterocycles. The minimum absolute atomic E-state index is 0.0526. The molecular formula is C15H21ClN2O2. The molecule has 0 spiro atoms. The predicted octanol–water partition coefficient (Wildman–Crippen LogP) is 2.15. The van der Waals surface area contributed by atoms with Crippen molar-refractivity contribution in [3.8, 4) is 11.5 Å². The molecule has 0 bridgehead atoms. The summed E-state index contributed by atoms with van der Waals surface area (Å²) in [4.78, 5) is 2.43. The summed E-state index contributed by atoms with van der Waals surface area (Å²) in [5, 5.41) is 0.619. The molecule has 5 heteroatoms. The van der Waals surface area contributed by atoms with E-state index in [0.29, 0.717) is 23.3 Å². The Morgan fingerprint density at radius 2 is 2.10 bits per heavy atom. The fourth-order valence-corrected chi connectivity index (χ4v) is 3.09. The van der Waals surface area contributed by atoms with Crippen molar-refractivity contribution in [3.05, 3.63) is 23.2 Å². The molecule has 1 unspecified atom stereocenters. The molecule has 1 aromatic carbocycles. The average molecular weight is 297 g/mol. The van der Waals surface area contributed by atoms with Gasteiger partial charge in [-0.2, -0.15) is 0 Å². The summed E-state index contributed by atoms with van der Waals surface area (Å²) in [6.07, 6.45) is 2.42. The summed E-state index contributed by atoms with van der Waals surface area (Å²) in [7, 11) is 0. The quantitative estimate of drug-likeness (QED) is 0.928. The minimum atomic E-state index is 0.0526. The molecule has 0 aromatic heterocycles. The van der Waals surface area contributed by atoms with Gasteiger partial charge in [-0.3, -0.25) is 4.90 Å². The number of piperidine rings is 1. The second-order valence-corrected chi connectivity index (χ2v) is 6.00. The van der Waals surface area contributed by atoms with E-state index < -0.39 is 0 Å². The van der Waals surface area contributed by atoms with Crippen LogP contribution in [-0.2, 0) is 0 Å². The summed E-state index contributed by atoms with van der Waals surface area (Å²) in [6, 6.07) is 5.60. The number of fused-ring (bicyclic) bond motifs is 1. The second-order valence-electron chi connectivity index (χ2n) is 5.60. The first kappa shape index (κ1) is 14.0. The standard InChI is InChI=1S/C15H21ClN2O2/c16-13-2-1-3-14-15(13)20-12(10-19-14)9-18-6-4-11(8-17)5-7-18/h1-3,11-12H,4-10,17H2. The lowest BCUT2D eigenvalue weighted by Crippen LogP contribution is -2.44. The van der Waals surface area contributed by atoms with Crippen LogP contribution in [-0.4, -0.2) is 43.8 Å². The number of para-hydroxylation sites is 1. The van der Waals surface area contributed by atoms with Crippen molar-refractivity contribution in [2.24, 2.45) is 11.7 Å². The number of nitrogens with zero attached hydrogens (tertiary/aromatic N) is 1. The van der Waals surface area contributed by atoms with E-state index >= 15 is 0 Å². The van der Waals surface area contributed by atoms with Gasteiger partial charge in [0.1, 0.15) is 12.7 Å². The highest BCUT2D eigenvalue weighted by molar-refractivity contribution is 6.32. The number of likely N-dealkylation sites (tertiary alicyclic amines) is 1. The topological polar surface area (TPSA) is 47.7 Å². The fourth-order valence-electron chi connectivity index (χ4n) is 2.88. The van der Waals surface area contributed by atoms with E-state index in [0.717, 1.165) is 31.9 Å². The third kappa shape index (κ3) is 3.03. The summed E-state index contributed by atoms with van der Waals surface area (Å²) < 4.78 is 11.7. The second kappa shape index (κ2) is 6.20. The summed E-state index contributed by atoms with van der Waals surface area (Å²) in [5.74, 6) is 2.11. The van der Waals surface area contributed by atoms with Crippen LogP contribution in [0.5, 0.6) is 11.5 Å². The average Bonchev–Trinajstić information content (AvgIpc) is 2.49. The zero-order valence-electron chi connectivity index (χ0n) is 11.6. The van der Waals surface area contributed by atoms with Gasteiger partial charge in [-0.25, -0.2) is 0 Å². The van der Waals surface area contributed by atoms with Gasteiger partial charge in [0.05, 0.1) is 5.02 Å². The molecule has 2 N–H and O–H groups in total. The molecule has 3 rings (SSSR count). The molecule has 2 aliphatic rings. The van der Waals surface area contributed by atoms with Crippen LogP contribution >= 0.6 is 11.6 Å². The summed E-state index contributed by atoms with van der Waals surface area (Å²) in [6.45, 7) is 4.47. The smallest absolute Gasteiger partial charge is 0.180 e. The van der Waals surface area contributed by atoms with Crippen LogP contribution in [0.2, 0.25) is 5.02 Å². The van der Waals surface area contributed by atoms with Crippen molar-refractivity contribution >= 4 is 11.6 Å². The Kier molecular flexibility index (Phi) is 4.34. The lowest BCUT2D eigenvalue weighted by molar-refractivity contribution is 0.0484. The molecule has 0 aliphatic carbocycles. The first-order chi connectivity index (χ1) is 9.76. The molecule has 2 aliphatic heterocycles. The van der Waals surface area contributed by atoms with Crippen LogP contribution < -0.4 is 15.2 Å². The molecule has 110 valence electrons. The van der Waals surface area contributed by atoms with Crippen molar-refractivity contribution in [1.82, 2.24) is 4.90 Å². The molecule has 20 heavy (non-hydrogen) atoms. The van der Waals surface area contributed by atoms with E-state index in [9.17, 15) is 0 Å². The van der Waals surface area contributed by atoms with Gasteiger partial charge in [-0.1, -0.05) is 17.7 Å². The molecule has 0 saturated carbocycles. The third-order valence-corrected chi connectivity index (χ3v) is 4.44. The fraction of sp³-hybridized carbons (Fsp3) is 0.600. The van der Waals surface area contributed by atoms with Gasteiger partial charge < -0.3 is 15.2 Å². The first-order valence-electron chi connectivity index (χ1n) is 7.26. The van der Waals surface area contributed by atoms with Crippen molar-refractivity contribution in [2.45, 2.75) is 18.9 Å². The maximum Gasteiger partial charge on any atom is 0.180 e. The highest BCUT2D eigenvalue weighted by Crippen LogP contribution is 2.38. The summed E-state index contributed by atoms with van der Waals surface area (Å²) >= 11 is 6.16. The zero-order valence-corrected chi connectivity index (χ0v) is 12.3. The van der Waals surface area contributed by atoms with Crippen LogP contribution in [0.3, 0.4) is 0 Å². The Labute approximate surface area is 124 Å². The van der Waals surface area contributed by atoms with Crippen LogP contribution in [0.4, 0.5) is 0 Å². The van der Waals surface area contributed by atoms with Crippen LogP contribution in [0, 0.1) is 5.92 Å². The zero-order chi connectivity index (χ0) is 13.9. The van der Waals surface area contributed by atoms with Gasteiger partial charge in [-0.15, -0.1) is 0 Å². The molecular weight excluding hydrogens is 276 g/mol. The molecule has 1 atom stereocenters. The lowest BCUT2D eigenvalue weighted by Gasteiger charge is -2.35. The Balaban J connectivity index is 1.57. The molecule has 4 nitrogen and oxygen atoms in total. The SMILES string of the molecule is NCC1CCN(CC2COc3cccc(Cl)c3O2)CC1. The Bertz CT molecular complexity index is 461. The van der Waals surface area contributed by atoms with E-state index in [1.807, 2.05) is 18.2 Å². The maximum absolute atomic E-state index is 6.16. The van der Waals surface area contributed by atoms with E-state index in [4.69, 9.17) is 26.8 Å². The van der Waals surface area contributed by atoms with Crippen LogP contribution in [0.1, 0.15) is 12.8 Å². The Morgan fingerprint density at radius 1 is 1.30 bits per heavy atom.